The molecule has 1 aromatic carbocycles. The Morgan fingerprint density at radius 3 is 2.47 bits per heavy atom. The van der Waals surface area contributed by atoms with Gasteiger partial charge in [0.1, 0.15) is 0 Å². The number of rotatable bonds is 2. The van der Waals surface area contributed by atoms with Crippen LogP contribution in [0, 0.1) is 0 Å². The molecule has 0 fully saturated rings. The minimum Gasteiger partial charge on any atom is -0.397 e. The lowest BCUT2D eigenvalue weighted by atomic mass is 10.2. The van der Waals surface area contributed by atoms with Gasteiger partial charge in [0.15, 0.2) is 11.0 Å². The molecule has 5 nitrogen and oxygen atoms in total. The largest absolute Gasteiger partial charge is 0.397 e. The van der Waals surface area contributed by atoms with E-state index in [1.807, 2.05) is 0 Å². The summed E-state index contributed by atoms with van der Waals surface area (Å²) in [4.78, 5) is 11.9. The summed E-state index contributed by atoms with van der Waals surface area (Å²) >= 11 is 17.2. The van der Waals surface area contributed by atoms with Crippen LogP contribution in [0.1, 0.15) is 10.4 Å². The Hall–Kier alpha value is -1.56. The van der Waals surface area contributed by atoms with Crippen LogP contribution in [0.25, 0.3) is 0 Å². The zero-order valence-corrected chi connectivity index (χ0v) is 11.6. The lowest BCUT2D eigenvalue weighted by Crippen LogP contribution is -2.13. The second-order valence-electron chi connectivity index (χ2n) is 3.56. The van der Waals surface area contributed by atoms with Crippen molar-refractivity contribution in [1.82, 2.24) is 10.2 Å². The molecule has 2 rings (SSSR count). The maximum absolute atomic E-state index is 11.9. The highest BCUT2D eigenvalue weighted by Crippen LogP contribution is 2.29. The van der Waals surface area contributed by atoms with Gasteiger partial charge < -0.3 is 11.1 Å². The first-order valence-electron chi connectivity index (χ1n) is 5.02. The lowest BCUT2D eigenvalue weighted by Gasteiger charge is -2.07. The Labute approximate surface area is 123 Å². The second-order valence-corrected chi connectivity index (χ2v) is 4.73. The lowest BCUT2D eigenvalue weighted by molar-refractivity contribution is 0.102. The number of nitrogens with one attached hydrogen (secondary N) is 1. The van der Waals surface area contributed by atoms with Gasteiger partial charge in [0.25, 0.3) is 5.91 Å². The van der Waals surface area contributed by atoms with E-state index in [2.05, 4.69) is 15.5 Å². The maximum Gasteiger partial charge on any atom is 0.256 e. The van der Waals surface area contributed by atoms with Gasteiger partial charge in [-0.25, -0.2) is 0 Å². The molecule has 0 atom stereocenters. The molecule has 19 heavy (non-hydrogen) atoms. The molecule has 2 aromatic rings. The number of carbonyl (C=O) groups excluding carboxylic acids is 1. The van der Waals surface area contributed by atoms with Crippen LogP contribution >= 0.6 is 34.8 Å². The average molecular weight is 318 g/mol. The van der Waals surface area contributed by atoms with Crippen molar-refractivity contribution in [3.05, 3.63) is 45.0 Å². The smallest absolute Gasteiger partial charge is 0.256 e. The Morgan fingerprint density at radius 2 is 1.89 bits per heavy atom. The zero-order valence-electron chi connectivity index (χ0n) is 9.32. The van der Waals surface area contributed by atoms with Gasteiger partial charge in [-0.3, -0.25) is 4.79 Å². The molecule has 0 radical (unpaired) electrons. The molecule has 98 valence electrons. The van der Waals surface area contributed by atoms with E-state index >= 15 is 0 Å². The van der Waals surface area contributed by atoms with Crippen LogP contribution in [-0.4, -0.2) is 16.1 Å². The second kappa shape index (κ2) is 5.61. The van der Waals surface area contributed by atoms with E-state index in [4.69, 9.17) is 40.5 Å². The average Bonchev–Trinajstić information content (AvgIpc) is 2.38. The molecule has 3 N–H and O–H groups in total. The van der Waals surface area contributed by atoms with Crippen LogP contribution in [-0.2, 0) is 0 Å². The third-order valence-electron chi connectivity index (χ3n) is 2.19. The third-order valence-corrected chi connectivity index (χ3v) is 3.21. The van der Waals surface area contributed by atoms with Crippen molar-refractivity contribution >= 4 is 52.2 Å². The number of hydrogen-bond acceptors (Lipinski definition) is 4. The number of carbonyl (C=O) groups is 1. The standard InChI is InChI=1S/C11H7Cl3N4O/c12-6-3-5(4-7(15)10(6)14)11(19)16-9-2-1-8(13)17-18-9/h1-4H,15H2,(H,16,18,19). The first-order chi connectivity index (χ1) is 8.97. The van der Waals surface area contributed by atoms with Crippen molar-refractivity contribution in [2.45, 2.75) is 0 Å². The summed E-state index contributed by atoms with van der Waals surface area (Å²) in [5.41, 5.74) is 6.12. The molecule has 1 aromatic heterocycles. The van der Waals surface area contributed by atoms with Gasteiger partial charge in [-0.1, -0.05) is 34.8 Å². The Balaban J connectivity index is 2.23. The van der Waals surface area contributed by atoms with Crippen molar-refractivity contribution in [3.8, 4) is 0 Å². The molecule has 0 spiro atoms. The van der Waals surface area contributed by atoms with E-state index in [0.717, 1.165) is 0 Å². The summed E-state index contributed by atoms with van der Waals surface area (Å²) < 4.78 is 0. The Bertz CT molecular complexity index is 607. The number of nitrogen functional groups attached to an aromatic ring is 1. The van der Waals surface area contributed by atoms with Gasteiger partial charge in [0.05, 0.1) is 15.7 Å². The molecule has 0 aliphatic heterocycles. The molecular formula is C11H7Cl3N4O. The van der Waals surface area contributed by atoms with Crippen LogP contribution < -0.4 is 11.1 Å². The first kappa shape index (κ1) is 13.9. The summed E-state index contributed by atoms with van der Waals surface area (Å²) in [7, 11) is 0. The van der Waals surface area contributed by atoms with Gasteiger partial charge in [-0.05, 0) is 24.3 Å². The van der Waals surface area contributed by atoms with Gasteiger partial charge >= 0.3 is 0 Å². The molecule has 0 unspecified atom stereocenters. The molecule has 1 amide bonds. The normalized spacial score (nSPS) is 10.3. The number of hydrogen-bond donors (Lipinski definition) is 2. The van der Waals surface area contributed by atoms with Crippen LogP contribution in [0.4, 0.5) is 11.5 Å². The van der Waals surface area contributed by atoms with Crippen molar-refractivity contribution in [2.24, 2.45) is 0 Å². The van der Waals surface area contributed by atoms with Crippen molar-refractivity contribution < 1.29 is 4.79 Å². The Morgan fingerprint density at radius 1 is 1.16 bits per heavy atom. The minimum atomic E-state index is -0.429. The summed E-state index contributed by atoms with van der Waals surface area (Å²) in [5, 5.41) is 10.5. The van der Waals surface area contributed by atoms with Crippen molar-refractivity contribution in [3.63, 3.8) is 0 Å². The summed E-state index contributed by atoms with van der Waals surface area (Å²) in [6.07, 6.45) is 0. The topological polar surface area (TPSA) is 80.9 Å². The van der Waals surface area contributed by atoms with Gasteiger partial charge in [-0.15, -0.1) is 10.2 Å². The maximum atomic E-state index is 11.9. The van der Waals surface area contributed by atoms with Crippen LogP contribution in [0.3, 0.4) is 0 Å². The quantitative estimate of drug-likeness (QED) is 0.833. The predicted molar refractivity (Wildman–Crippen MR) is 75.9 cm³/mol. The van der Waals surface area contributed by atoms with Crippen LogP contribution in [0.2, 0.25) is 15.2 Å². The highest BCUT2D eigenvalue weighted by atomic mass is 35.5. The molecule has 0 saturated carbocycles. The minimum absolute atomic E-state index is 0.203. The number of benzene rings is 1. The fourth-order valence-corrected chi connectivity index (χ4v) is 1.75. The van der Waals surface area contributed by atoms with E-state index in [1.165, 1.54) is 24.3 Å². The SMILES string of the molecule is Nc1cc(C(=O)Nc2ccc(Cl)nn2)cc(Cl)c1Cl. The van der Waals surface area contributed by atoms with Crippen molar-refractivity contribution in [1.29, 1.82) is 0 Å². The first-order valence-corrected chi connectivity index (χ1v) is 6.16. The molecule has 0 aliphatic carbocycles. The fraction of sp³-hybridized carbons (Fsp3) is 0. The molecule has 8 heteroatoms. The molecular weight excluding hydrogens is 311 g/mol. The number of halogens is 3. The molecule has 0 bridgehead atoms. The molecule has 0 saturated heterocycles. The number of amides is 1. The van der Waals surface area contributed by atoms with Crippen LogP contribution in [0.5, 0.6) is 0 Å². The van der Waals surface area contributed by atoms with Gasteiger partial charge in [-0.2, -0.15) is 0 Å². The van der Waals surface area contributed by atoms with Gasteiger partial charge in [0.2, 0.25) is 0 Å². The number of nitrogens with two attached hydrogens (primary N) is 1. The van der Waals surface area contributed by atoms with E-state index < -0.39 is 5.91 Å². The highest BCUT2D eigenvalue weighted by molar-refractivity contribution is 6.44. The monoisotopic (exact) mass is 316 g/mol. The number of nitrogens with zero attached hydrogens (tertiary/aromatic N) is 2. The van der Waals surface area contributed by atoms with E-state index in [9.17, 15) is 4.79 Å². The summed E-state index contributed by atoms with van der Waals surface area (Å²) in [6.45, 7) is 0. The number of aromatic nitrogens is 2. The van der Waals surface area contributed by atoms with Gasteiger partial charge in [0, 0.05) is 5.56 Å². The summed E-state index contributed by atoms with van der Waals surface area (Å²) in [6, 6.07) is 5.87. The van der Waals surface area contributed by atoms with E-state index in [1.54, 1.807) is 0 Å². The highest BCUT2D eigenvalue weighted by Gasteiger charge is 2.12. The number of anilines is 2. The predicted octanol–water partition coefficient (Wildman–Crippen LogP) is 3.27. The zero-order chi connectivity index (χ0) is 14.0. The van der Waals surface area contributed by atoms with Crippen molar-refractivity contribution in [2.75, 3.05) is 11.1 Å². The molecule has 1 heterocycles. The summed E-state index contributed by atoms with van der Waals surface area (Å²) in [5.74, 6) is -0.166. The van der Waals surface area contributed by atoms with E-state index in [-0.39, 0.29) is 32.3 Å². The van der Waals surface area contributed by atoms with E-state index in [0.29, 0.717) is 0 Å². The third kappa shape index (κ3) is 3.26. The molecule has 0 aliphatic rings. The van der Waals surface area contributed by atoms with Crippen LogP contribution in [0.15, 0.2) is 24.3 Å². The Kier molecular flexibility index (Phi) is 4.09. The fourth-order valence-electron chi connectivity index (χ4n) is 1.31.